The van der Waals surface area contributed by atoms with Gasteiger partial charge >= 0.3 is 0 Å². The minimum Gasteiger partial charge on any atom is -0.493 e. The molecule has 0 radical (unpaired) electrons. The number of pyridine rings is 1. The quantitative estimate of drug-likeness (QED) is 0.418. The molecule has 4 rings (SSSR count). The van der Waals surface area contributed by atoms with Crippen LogP contribution < -0.4 is 25.2 Å². The summed E-state index contributed by atoms with van der Waals surface area (Å²) >= 11 is 0. The normalized spacial score (nSPS) is 11.4. The maximum absolute atomic E-state index is 13.7. The molecule has 0 spiro atoms. The molecule has 2 heterocycles. The Morgan fingerprint density at radius 1 is 0.970 bits per heavy atom. The summed E-state index contributed by atoms with van der Waals surface area (Å²) in [5.74, 6) is 1.91. The molecule has 8 nitrogen and oxygen atoms in total. The van der Waals surface area contributed by atoms with Crippen LogP contribution in [0.5, 0.6) is 17.2 Å². The lowest BCUT2D eigenvalue weighted by atomic mass is 10.1. The Labute approximate surface area is 191 Å². The fourth-order valence-electron chi connectivity index (χ4n) is 4.16. The van der Waals surface area contributed by atoms with Crippen LogP contribution in [0.3, 0.4) is 0 Å². The van der Waals surface area contributed by atoms with Crippen LogP contribution >= 0.6 is 0 Å². The second kappa shape index (κ2) is 8.61. The number of aromatic nitrogens is 3. The van der Waals surface area contributed by atoms with Crippen LogP contribution in [0.2, 0.25) is 0 Å². The van der Waals surface area contributed by atoms with E-state index in [0.29, 0.717) is 51.7 Å². The second-order valence-corrected chi connectivity index (χ2v) is 8.26. The molecule has 0 aliphatic heterocycles. The van der Waals surface area contributed by atoms with Gasteiger partial charge in [-0.2, -0.15) is 0 Å². The highest BCUT2D eigenvalue weighted by molar-refractivity contribution is 5.92. The van der Waals surface area contributed by atoms with Gasteiger partial charge in [0.25, 0.3) is 5.56 Å². The van der Waals surface area contributed by atoms with E-state index >= 15 is 0 Å². The maximum Gasteiger partial charge on any atom is 0.267 e. The van der Waals surface area contributed by atoms with Gasteiger partial charge in [-0.25, -0.2) is 4.98 Å². The standard InChI is InChI=1S/C25H27N3O5/c1-14(2)13-28-23(15-11-18(31-4)22(33-6)19(12-15)32-5)26-24-20(25(28)30)21(29)16-9-7-8-10-17(16)27(24)3/h7-12,14H,13H2,1-6H3. The molecule has 33 heavy (non-hydrogen) atoms. The molecular weight excluding hydrogens is 422 g/mol. The van der Waals surface area contributed by atoms with Crippen molar-refractivity contribution < 1.29 is 14.2 Å². The predicted molar refractivity (Wildman–Crippen MR) is 129 cm³/mol. The van der Waals surface area contributed by atoms with Gasteiger partial charge in [-0.15, -0.1) is 0 Å². The van der Waals surface area contributed by atoms with Crippen molar-refractivity contribution in [1.82, 2.24) is 14.1 Å². The van der Waals surface area contributed by atoms with Gasteiger partial charge in [0.1, 0.15) is 11.2 Å². The summed E-state index contributed by atoms with van der Waals surface area (Å²) in [4.78, 5) is 31.9. The van der Waals surface area contributed by atoms with E-state index in [0.717, 1.165) is 0 Å². The molecule has 0 saturated heterocycles. The molecule has 0 aliphatic carbocycles. The summed E-state index contributed by atoms with van der Waals surface area (Å²) in [6.45, 7) is 4.41. The number of para-hydroxylation sites is 1. The molecule has 0 aliphatic rings. The number of nitrogens with zero attached hydrogens (tertiary/aromatic N) is 3. The molecule has 0 amide bonds. The second-order valence-electron chi connectivity index (χ2n) is 8.26. The first-order valence-electron chi connectivity index (χ1n) is 10.6. The number of methoxy groups -OCH3 is 3. The summed E-state index contributed by atoms with van der Waals surface area (Å²) in [5, 5.41) is 0.566. The van der Waals surface area contributed by atoms with Crippen molar-refractivity contribution in [2.45, 2.75) is 20.4 Å². The number of aryl methyl sites for hydroxylation is 1. The molecule has 0 bridgehead atoms. The third-order valence-electron chi connectivity index (χ3n) is 5.68. The van der Waals surface area contributed by atoms with E-state index in [-0.39, 0.29) is 22.3 Å². The average molecular weight is 450 g/mol. The Morgan fingerprint density at radius 2 is 1.61 bits per heavy atom. The highest BCUT2D eigenvalue weighted by Crippen LogP contribution is 2.41. The zero-order valence-electron chi connectivity index (χ0n) is 19.6. The fourth-order valence-corrected chi connectivity index (χ4v) is 4.16. The number of benzene rings is 2. The van der Waals surface area contributed by atoms with E-state index in [1.807, 2.05) is 33.0 Å². The first kappa shape index (κ1) is 22.4. The summed E-state index contributed by atoms with van der Waals surface area (Å²) in [6, 6.07) is 10.7. The Bertz CT molecular complexity index is 1460. The molecule has 2 aromatic heterocycles. The smallest absolute Gasteiger partial charge is 0.267 e. The van der Waals surface area contributed by atoms with Gasteiger partial charge in [-0.05, 0) is 30.2 Å². The minimum absolute atomic E-state index is 0.0769. The zero-order chi connectivity index (χ0) is 23.9. The van der Waals surface area contributed by atoms with Crippen molar-refractivity contribution in [3.63, 3.8) is 0 Å². The van der Waals surface area contributed by atoms with Crippen LogP contribution in [-0.4, -0.2) is 35.4 Å². The first-order valence-corrected chi connectivity index (χ1v) is 10.6. The van der Waals surface area contributed by atoms with Gasteiger partial charge in [0.05, 0.1) is 26.8 Å². The summed E-state index contributed by atoms with van der Waals surface area (Å²) in [5.41, 5.74) is 0.963. The van der Waals surface area contributed by atoms with E-state index in [2.05, 4.69) is 0 Å². The van der Waals surface area contributed by atoms with Crippen molar-refractivity contribution in [3.8, 4) is 28.6 Å². The Morgan fingerprint density at radius 3 is 2.18 bits per heavy atom. The van der Waals surface area contributed by atoms with E-state index in [9.17, 15) is 9.59 Å². The van der Waals surface area contributed by atoms with Crippen LogP contribution in [0, 0.1) is 5.92 Å². The fraction of sp³-hybridized carbons (Fsp3) is 0.320. The average Bonchev–Trinajstić information content (AvgIpc) is 2.82. The molecule has 2 aromatic carbocycles. The molecule has 0 saturated carbocycles. The van der Waals surface area contributed by atoms with Gasteiger partial charge in [0.15, 0.2) is 17.1 Å². The lowest BCUT2D eigenvalue weighted by Crippen LogP contribution is -2.30. The van der Waals surface area contributed by atoms with Gasteiger partial charge in [0, 0.05) is 24.5 Å². The van der Waals surface area contributed by atoms with Gasteiger partial charge < -0.3 is 18.8 Å². The minimum atomic E-state index is -0.371. The predicted octanol–water partition coefficient (Wildman–Crippen LogP) is 3.60. The lowest BCUT2D eigenvalue weighted by molar-refractivity contribution is 0.324. The Balaban J connectivity index is 2.17. The SMILES string of the molecule is COc1cc(-c2nc3c(c(=O)c4ccccc4n3C)c(=O)n2CC(C)C)cc(OC)c1OC. The summed E-state index contributed by atoms with van der Waals surface area (Å²) < 4.78 is 19.8. The van der Waals surface area contributed by atoms with Crippen molar-refractivity contribution >= 4 is 21.9 Å². The molecule has 0 unspecified atom stereocenters. The van der Waals surface area contributed by atoms with Crippen molar-refractivity contribution in [2.24, 2.45) is 13.0 Å². The first-order chi connectivity index (χ1) is 15.8. The molecule has 172 valence electrons. The number of fused-ring (bicyclic) bond motifs is 2. The molecule has 8 heteroatoms. The van der Waals surface area contributed by atoms with E-state index in [4.69, 9.17) is 19.2 Å². The van der Waals surface area contributed by atoms with E-state index in [1.54, 1.807) is 33.4 Å². The number of hydrogen-bond donors (Lipinski definition) is 0. The van der Waals surface area contributed by atoms with Gasteiger partial charge in [0.2, 0.25) is 11.2 Å². The molecule has 4 aromatic rings. The Hall–Kier alpha value is -3.81. The third kappa shape index (κ3) is 3.61. The highest BCUT2D eigenvalue weighted by atomic mass is 16.5. The van der Waals surface area contributed by atoms with Crippen LogP contribution in [0.25, 0.3) is 33.3 Å². The van der Waals surface area contributed by atoms with Crippen LogP contribution in [0.1, 0.15) is 13.8 Å². The van der Waals surface area contributed by atoms with Crippen molar-refractivity contribution in [3.05, 3.63) is 57.0 Å². The van der Waals surface area contributed by atoms with Gasteiger partial charge in [-0.3, -0.25) is 14.2 Å². The number of rotatable bonds is 6. The van der Waals surface area contributed by atoms with E-state index in [1.165, 1.54) is 21.3 Å². The molecular formula is C25H27N3O5. The third-order valence-corrected chi connectivity index (χ3v) is 5.68. The Kier molecular flexibility index (Phi) is 5.84. The molecule has 0 atom stereocenters. The summed E-state index contributed by atoms with van der Waals surface area (Å²) in [6.07, 6.45) is 0. The maximum atomic E-state index is 13.7. The van der Waals surface area contributed by atoms with Crippen LogP contribution in [0.15, 0.2) is 46.0 Å². The van der Waals surface area contributed by atoms with Gasteiger partial charge in [-0.1, -0.05) is 26.0 Å². The molecule has 0 N–H and O–H groups in total. The van der Waals surface area contributed by atoms with Crippen LogP contribution in [0.4, 0.5) is 0 Å². The van der Waals surface area contributed by atoms with Crippen molar-refractivity contribution in [1.29, 1.82) is 0 Å². The largest absolute Gasteiger partial charge is 0.493 e. The number of hydrogen-bond acceptors (Lipinski definition) is 6. The number of ether oxygens (including phenoxy) is 3. The topological polar surface area (TPSA) is 84.6 Å². The van der Waals surface area contributed by atoms with Crippen LogP contribution in [-0.2, 0) is 13.6 Å². The van der Waals surface area contributed by atoms with Crippen molar-refractivity contribution in [2.75, 3.05) is 21.3 Å². The zero-order valence-corrected chi connectivity index (χ0v) is 19.6. The molecule has 0 fully saturated rings. The highest BCUT2D eigenvalue weighted by Gasteiger charge is 2.22. The monoisotopic (exact) mass is 449 g/mol. The van der Waals surface area contributed by atoms with E-state index < -0.39 is 0 Å². The summed E-state index contributed by atoms with van der Waals surface area (Å²) in [7, 11) is 6.41. The lowest BCUT2D eigenvalue weighted by Gasteiger charge is -2.19.